The number of carbonyl (C=O) groups excluding carboxylic acids is 1. The molecule has 17 heavy (non-hydrogen) atoms. The molecule has 0 unspecified atom stereocenters. The SMILES string of the molecule is CCC(CC)(CC)NCC(=O)N1CCCCC1. The lowest BCUT2D eigenvalue weighted by Crippen LogP contribution is -2.49. The van der Waals surface area contributed by atoms with Gasteiger partial charge in [0.15, 0.2) is 0 Å². The van der Waals surface area contributed by atoms with E-state index >= 15 is 0 Å². The summed E-state index contributed by atoms with van der Waals surface area (Å²) in [5.41, 5.74) is 0.158. The van der Waals surface area contributed by atoms with E-state index in [2.05, 4.69) is 26.1 Å². The lowest BCUT2D eigenvalue weighted by Gasteiger charge is -2.33. The van der Waals surface area contributed by atoms with Crippen LogP contribution in [0.1, 0.15) is 59.3 Å². The molecule has 1 N–H and O–H groups in total. The third kappa shape index (κ3) is 3.98. The molecule has 1 rings (SSSR count). The lowest BCUT2D eigenvalue weighted by atomic mass is 9.90. The number of amides is 1. The Morgan fingerprint density at radius 3 is 2.06 bits per heavy atom. The molecular formula is C14H28N2O. The highest BCUT2D eigenvalue weighted by Crippen LogP contribution is 2.19. The standard InChI is InChI=1S/C14H28N2O/c1-4-14(5-2,6-3)15-12-13(17)16-10-8-7-9-11-16/h15H,4-12H2,1-3H3. The number of piperidine rings is 1. The second-order valence-corrected chi connectivity index (χ2v) is 5.14. The minimum absolute atomic E-state index is 0.158. The predicted molar refractivity (Wildman–Crippen MR) is 72.0 cm³/mol. The number of hydrogen-bond donors (Lipinski definition) is 1. The van der Waals surface area contributed by atoms with Crippen LogP contribution in [0.25, 0.3) is 0 Å². The van der Waals surface area contributed by atoms with Crippen LogP contribution in [0.3, 0.4) is 0 Å². The molecule has 0 bridgehead atoms. The van der Waals surface area contributed by atoms with Gasteiger partial charge in [-0.05, 0) is 38.5 Å². The van der Waals surface area contributed by atoms with Crippen molar-refractivity contribution < 1.29 is 4.79 Å². The average Bonchev–Trinajstić information content (AvgIpc) is 2.41. The molecule has 0 radical (unpaired) electrons. The second-order valence-electron chi connectivity index (χ2n) is 5.14. The molecule has 1 amide bonds. The molecule has 0 saturated carbocycles. The van der Waals surface area contributed by atoms with Crippen molar-refractivity contribution in [1.82, 2.24) is 10.2 Å². The van der Waals surface area contributed by atoms with Crippen LogP contribution < -0.4 is 5.32 Å². The van der Waals surface area contributed by atoms with Gasteiger partial charge >= 0.3 is 0 Å². The van der Waals surface area contributed by atoms with Gasteiger partial charge in [0.1, 0.15) is 0 Å². The summed E-state index contributed by atoms with van der Waals surface area (Å²) in [5.74, 6) is 0.282. The molecule has 3 heteroatoms. The van der Waals surface area contributed by atoms with Crippen molar-refractivity contribution in [2.24, 2.45) is 0 Å². The molecule has 1 heterocycles. The molecule has 0 aromatic heterocycles. The minimum Gasteiger partial charge on any atom is -0.342 e. The van der Waals surface area contributed by atoms with Gasteiger partial charge < -0.3 is 10.2 Å². The van der Waals surface area contributed by atoms with Gasteiger partial charge in [0, 0.05) is 18.6 Å². The highest BCUT2D eigenvalue weighted by molar-refractivity contribution is 5.78. The number of nitrogens with zero attached hydrogens (tertiary/aromatic N) is 1. The number of hydrogen-bond acceptors (Lipinski definition) is 2. The van der Waals surface area contributed by atoms with Gasteiger partial charge in [0.2, 0.25) is 5.91 Å². The number of rotatable bonds is 6. The van der Waals surface area contributed by atoms with E-state index in [0.717, 1.165) is 32.4 Å². The molecule has 0 aromatic rings. The second kappa shape index (κ2) is 7.00. The van der Waals surface area contributed by atoms with Crippen molar-refractivity contribution >= 4 is 5.91 Å². The lowest BCUT2D eigenvalue weighted by molar-refractivity contribution is -0.131. The van der Waals surface area contributed by atoms with Crippen LogP contribution in [-0.4, -0.2) is 36.0 Å². The van der Waals surface area contributed by atoms with Gasteiger partial charge in [-0.1, -0.05) is 20.8 Å². The maximum Gasteiger partial charge on any atom is 0.236 e. The molecule has 3 nitrogen and oxygen atoms in total. The molecule has 0 aliphatic carbocycles. The first-order valence-electron chi connectivity index (χ1n) is 7.20. The Kier molecular flexibility index (Phi) is 5.96. The average molecular weight is 240 g/mol. The highest BCUT2D eigenvalue weighted by atomic mass is 16.2. The van der Waals surface area contributed by atoms with Crippen molar-refractivity contribution in [2.45, 2.75) is 64.8 Å². The van der Waals surface area contributed by atoms with Crippen molar-refractivity contribution in [2.75, 3.05) is 19.6 Å². The van der Waals surface area contributed by atoms with E-state index in [1.807, 2.05) is 4.90 Å². The van der Waals surface area contributed by atoms with E-state index in [1.165, 1.54) is 19.3 Å². The molecule has 100 valence electrons. The molecule has 1 aliphatic heterocycles. The zero-order valence-electron chi connectivity index (χ0n) is 11.7. The summed E-state index contributed by atoms with van der Waals surface area (Å²) in [4.78, 5) is 14.1. The van der Waals surface area contributed by atoms with Crippen molar-refractivity contribution in [3.63, 3.8) is 0 Å². The quantitative estimate of drug-likeness (QED) is 0.774. The number of carbonyl (C=O) groups is 1. The first kappa shape index (κ1) is 14.5. The summed E-state index contributed by atoms with van der Waals surface area (Å²) in [6.45, 7) is 9.02. The third-order valence-electron chi connectivity index (χ3n) is 4.35. The monoisotopic (exact) mass is 240 g/mol. The zero-order valence-corrected chi connectivity index (χ0v) is 11.7. The van der Waals surface area contributed by atoms with Crippen LogP contribution >= 0.6 is 0 Å². The zero-order chi connectivity index (χ0) is 12.7. The molecule has 0 atom stereocenters. The Labute approximate surface area is 106 Å². The van der Waals surface area contributed by atoms with E-state index in [1.54, 1.807) is 0 Å². The maximum absolute atomic E-state index is 12.1. The third-order valence-corrected chi connectivity index (χ3v) is 4.35. The number of nitrogens with one attached hydrogen (secondary N) is 1. The Balaban J connectivity index is 2.40. The smallest absolute Gasteiger partial charge is 0.236 e. The molecule has 1 saturated heterocycles. The summed E-state index contributed by atoms with van der Waals surface area (Å²) in [6.07, 6.45) is 6.90. The van der Waals surface area contributed by atoms with Crippen LogP contribution in [-0.2, 0) is 4.79 Å². The topological polar surface area (TPSA) is 32.3 Å². The Morgan fingerprint density at radius 2 is 1.59 bits per heavy atom. The Bertz CT molecular complexity index is 222. The van der Waals surface area contributed by atoms with E-state index in [0.29, 0.717) is 6.54 Å². The predicted octanol–water partition coefficient (Wildman–Crippen LogP) is 2.56. The van der Waals surface area contributed by atoms with Crippen LogP contribution in [0.15, 0.2) is 0 Å². The van der Waals surface area contributed by atoms with E-state index in [9.17, 15) is 4.79 Å². The van der Waals surface area contributed by atoms with E-state index < -0.39 is 0 Å². The van der Waals surface area contributed by atoms with Gasteiger partial charge in [-0.25, -0.2) is 0 Å². The van der Waals surface area contributed by atoms with Crippen LogP contribution in [0.4, 0.5) is 0 Å². The van der Waals surface area contributed by atoms with Gasteiger partial charge in [-0.15, -0.1) is 0 Å². The van der Waals surface area contributed by atoms with Gasteiger partial charge in [0.05, 0.1) is 6.54 Å². The van der Waals surface area contributed by atoms with Crippen molar-refractivity contribution in [3.8, 4) is 0 Å². The fraction of sp³-hybridized carbons (Fsp3) is 0.929. The van der Waals surface area contributed by atoms with Crippen LogP contribution in [0.2, 0.25) is 0 Å². The summed E-state index contributed by atoms with van der Waals surface area (Å²) in [7, 11) is 0. The first-order chi connectivity index (χ1) is 8.17. The molecule has 0 aromatic carbocycles. The van der Waals surface area contributed by atoms with Crippen LogP contribution in [0, 0.1) is 0 Å². The molecule has 1 fully saturated rings. The highest BCUT2D eigenvalue weighted by Gasteiger charge is 2.25. The largest absolute Gasteiger partial charge is 0.342 e. The van der Waals surface area contributed by atoms with Gasteiger partial charge in [0.25, 0.3) is 0 Å². The molecule has 1 aliphatic rings. The molecule has 0 spiro atoms. The summed E-state index contributed by atoms with van der Waals surface area (Å²) < 4.78 is 0. The van der Waals surface area contributed by atoms with E-state index in [-0.39, 0.29) is 11.4 Å². The van der Waals surface area contributed by atoms with Crippen LogP contribution in [0.5, 0.6) is 0 Å². The fourth-order valence-corrected chi connectivity index (χ4v) is 2.64. The normalized spacial score (nSPS) is 17.2. The minimum atomic E-state index is 0.158. The van der Waals surface area contributed by atoms with Gasteiger partial charge in [-0.3, -0.25) is 4.79 Å². The van der Waals surface area contributed by atoms with Crippen molar-refractivity contribution in [1.29, 1.82) is 0 Å². The van der Waals surface area contributed by atoms with E-state index in [4.69, 9.17) is 0 Å². The Morgan fingerprint density at radius 1 is 1.06 bits per heavy atom. The first-order valence-corrected chi connectivity index (χ1v) is 7.20. The Hall–Kier alpha value is -0.570. The summed E-state index contributed by atoms with van der Waals surface area (Å²) in [6, 6.07) is 0. The number of likely N-dealkylation sites (tertiary alicyclic amines) is 1. The van der Waals surface area contributed by atoms with Crippen molar-refractivity contribution in [3.05, 3.63) is 0 Å². The summed E-state index contributed by atoms with van der Waals surface area (Å²) in [5, 5.41) is 3.49. The molecular weight excluding hydrogens is 212 g/mol. The fourth-order valence-electron chi connectivity index (χ4n) is 2.64. The van der Waals surface area contributed by atoms with Gasteiger partial charge in [-0.2, -0.15) is 0 Å². The summed E-state index contributed by atoms with van der Waals surface area (Å²) >= 11 is 0. The maximum atomic E-state index is 12.1.